The van der Waals surface area contributed by atoms with Crippen LogP contribution in [0.4, 0.5) is 5.69 Å². The predicted molar refractivity (Wildman–Crippen MR) is 122 cm³/mol. The minimum absolute atomic E-state index is 0.0139. The van der Waals surface area contributed by atoms with Gasteiger partial charge in [0, 0.05) is 37.2 Å². The number of nitrogens with zero attached hydrogens (tertiary/aromatic N) is 1. The molecule has 0 saturated carbocycles. The molecule has 6 heteroatoms. The normalized spacial score (nSPS) is 10.4. The van der Waals surface area contributed by atoms with Crippen LogP contribution >= 0.6 is 0 Å². The van der Waals surface area contributed by atoms with E-state index in [1.54, 1.807) is 24.3 Å². The van der Waals surface area contributed by atoms with Gasteiger partial charge in [-0.3, -0.25) is 14.4 Å². The van der Waals surface area contributed by atoms with E-state index in [1.807, 2.05) is 49.1 Å². The number of anilines is 1. The van der Waals surface area contributed by atoms with E-state index >= 15 is 0 Å². The maximum absolute atomic E-state index is 12.7. The maximum Gasteiger partial charge on any atom is 0.306 e. The van der Waals surface area contributed by atoms with Crippen LogP contribution in [0.15, 0.2) is 54.6 Å². The Bertz CT molecular complexity index is 846. The molecule has 166 valence electrons. The lowest BCUT2D eigenvalue weighted by molar-refractivity contribution is -0.144. The number of amides is 2. The number of benzene rings is 2. The Balaban J connectivity index is 1.79. The molecule has 0 bridgehead atoms. The minimum Gasteiger partial charge on any atom is -0.465 e. The summed E-state index contributed by atoms with van der Waals surface area (Å²) in [5, 5.41) is 2.76. The summed E-state index contributed by atoms with van der Waals surface area (Å²) in [5.74, 6) is -0.727. The van der Waals surface area contributed by atoms with Crippen LogP contribution < -0.4 is 5.32 Å². The van der Waals surface area contributed by atoms with Crippen LogP contribution in [-0.2, 0) is 20.7 Å². The fourth-order valence-corrected chi connectivity index (χ4v) is 3.21. The first-order chi connectivity index (χ1) is 15.0. The molecule has 0 radical (unpaired) electrons. The van der Waals surface area contributed by atoms with E-state index in [-0.39, 0.29) is 24.7 Å². The summed E-state index contributed by atoms with van der Waals surface area (Å²) in [6, 6.07) is 16.7. The molecule has 31 heavy (non-hydrogen) atoms. The molecule has 0 atom stereocenters. The molecule has 0 aliphatic rings. The van der Waals surface area contributed by atoms with Gasteiger partial charge in [0.1, 0.15) is 0 Å². The summed E-state index contributed by atoms with van der Waals surface area (Å²) in [5.41, 5.74) is 2.18. The second kappa shape index (κ2) is 13.2. The van der Waals surface area contributed by atoms with Crippen molar-refractivity contribution >= 4 is 23.5 Å². The highest BCUT2D eigenvalue weighted by atomic mass is 16.5. The van der Waals surface area contributed by atoms with E-state index in [4.69, 9.17) is 4.74 Å². The van der Waals surface area contributed by atoms with Crippen LogP contribution in [0.1, 0.15) is 55.5 Å². The van der Waals surface area contributed by atoms with Crippen molar-refractivity contribution in [3.63, 3.8) is 0 Å². The van der Waals surface area contributed by atoms with Crippen molar-refractivity contribution in [3.05, 3.63) is 65.7 Å². The van der Waals surface area contributed by atoms with Crippen LogP contribution in [0, 0.1) is 0 Å². The predicted octanol–water partition coefficient (Wildman–Crippen LogP) is 4.45. The Morgan fingerprint density at radius 3 is 2.29 bits per heavy atom. The molecule has 0 fully saturated rings. The van der Waals surface area contributed by atoms with E-state index in [0.29, 0.717) is 37.4 Å². The average molecular weight is 425 g/mol. The quantitative estimate of drug-likeness (QED) is 0.511. The third-order valence-electron chi connectivity index (χ3n) is 4.72. The van der Waals surface area contributed by atoms with Crippen LogP contribution in [0.3, 0.4) is 0 Å². The number of carbonyl (C=O) groups excluding carboxylic acids is 3. The minimum atomic E-state index is -0.398. The Kier molecular flexibility index (Phi) is 10.3. The largest absolute Gasteiger partial charge is 0.465 e. The SMILES string of the molecule is CCCN(CCC)C(=O)c1cccc(NC(=O)CCC(=O)OCCc2ccccc2)c1. The topological polar surface area (TPSA) is 75.7 Å². The Hall–Kier alpha value is -3.15. The van der Waals surface area contributed by atoms with Gasteiger partial charge in [0.05, 0.1) is 13.0 Å². The number of hydrogen-bond donors (Lipinski definition) is 1. The van der Waals surface area contributed by atoms with Crippen molar-refractivity contribution in [2.45, 2.75) is 46.0 Å². The highest BCUT2D eigenvalue weighted by Gasteiger charge is 2.15. The van der Waals surface area contributed by atoms with E-state index in [1.165, 1.54) is 0 Å². The van der Waals surface area contributed by atoms with Gasteiger partial charge in [-0.25, -0.2) is 0 Å². The van der Waals surface area contributed by atoms with Gasteiger partial charge >= 0.3 is 5.97 Å². The third kappa shape index (κ3) is 8.62. The van der Waals surface area contributed by atoms with Crippen molar-refractivity contribution in [1.82, 2.24) is 4.90 Å². The van der Waals surface area contributed by atoms with E-state index < -0.39 is 5.97 Å². The summed E-state index contributed by atoms with van der Waals surface area (Å²) in [7, 11) is 0. The van der Waals surface area contributed by atoms with Crippen molar-refractivity contribution in [1.29, 1.82) is 0 Å². The lowest BCUT2D eigenvalue weighted by atomic mass is 10.1. The van der Waals surface area contributed by atoms with Gasteiger partial charge in [-0.15, -0.1) is 0 Å². The molecule has 2 rings (SSSR count). The first kappa shape index (κ1) is 24.1. The summed E-state index contributed by atoms with van der Waals surface area (Å²) < 4.78 is 5.20. The molecular weight excluding hydrogens is 392 g/mol. The Labute approximate surface area is 184 Å². The zero-order chi connectivity index (χ0) is 22.5. The lowest BCUT2D eigenvalue weighted by Crippen LogP contribution is -2.32. The molecule has 6 nitrogen and oxygen atoms in total. The number of carbonyl (C=O) groups is 3. The highest BCUT2D eigenvalue weighted by Crippen LogP contribution is 2.14. The molecule has 0 heterocycles. The van der Waals surface area contributed by atoms with Gasteiger partial charge in [-0.2, -0.15) is 0 Å². The molecule has 2 aromatic carbocycles. The molecule has 0 aliphatic heterocycles. The Morgan fingerprint density at radius 2 is 1.61 bits per heavy atom. The molecule has 0 aliphatic carbocycles. The van der Waals surface area contributed by atoms with Crippen molar-refractivity contribution in [2.24, 2.45) is 0 Å². The molecule has 0 spiro atoms. The number of esters is 1. The molecule has 2 aromatic rings. The fourth-order valence-electron chi connectivity index (χ4n) is 3.21. The van der Waals surface area contributed by atoms with Crippen LogP contribution in [-0.4, -0.2) is 42.4 Å². The molecule has 2 amide bonds. The van der Waals surface area contributed by atoms with Gasteiger partial charge in [-0.05, 0) is 36.6 Å². The lowest BCUT2D eigenvalue weighted by Gasteiger charge is -2.21. The van der Waals surface area contributed by atoms with E-state index in [0.717, 1.165) is 18.4 Å². The molecule has 0 unspecified atom stereocenters. The Morgan fingerprint density at radius 1 is 0.903 bits per heavy atom. The standard InChI is InChI=1S/C25H32N2O4/c1-3-16-27(17-4-2)25(30)21-11-8-12-22(19-21)26-23(28)13-14-24(29)31-18-15-20-9-6-5-7-10-20/h5-12,19H,3-4,13-18H2,1-2H3,(H,26,28). The van der Waals surface area contributed by atoms with Gasteiger partial charge in [-0.1, -0.05) is 50.2 Å². The smallest absolute Gasteiger partial charge is 0.306 e. The van der Waals surface area contributed by atoms with Crippen LogP contribution in [0.25, 0.3) is 0 Å². The second-order valence-electron chi connectivity index (χ2n) is 7.38. The van der Waals surface area contributed by atoms with Gasteiger partial charge in [0.2, 0.25) is 5.91 Å². The zero-order valence-corrected chi connectivity index (χ0v) is 18.4. The van der Waals surface area contributed by atoms with Crippen molar-refractivity contribution in [3.8, 4) is 0 Å². The summed E-state index contributed by atoms with van der Waals surface area (Å²) >= 11 is 0. The number of rotatable bonds is 12. The molecule has 1 N–H and O–H groups in total. The summed E-state index contributed by atoms with van der Waals surface area (Å²) in [4.78, 5) is 38.7. The number of nitrogens with one attached hydrogen (secondary N) is 1. The molecular formula is C25H32N2O4. The third-order valence-corrected chi connectivity index (χ3v) is 4.72. The van der Waals surface area contributed by atoms with Crippen LogP contribution in [0.5, 0.6) is 0 Å². The maximum atomic E-state index is 12.7. The second-order valence-corrected chi connectivity index (χ2v) is 7.38. The van der Waals surface area contributed by atoms with Gasteiger partial charge in [0.15, 0.2) is 0 Å². The highest BCUT2D eigenvalue weighted by molar-refractivity contribution is 5.97. The van der Waals surface area contributed by atoms with Crippen molar-refractivity contribution < 1.29 is 19.1 Å². The fraction of sp³-hybridized carbons (Fsp3) is 0.400. The first-order valence-electron chi connectivity index (χ1n) is 10.9. The molecule has 0 aromatic heterocycles. The average Bonchev–Trinajstić information content (AvgIpc) is 2.78. The van der Waals surface area contributed by atoms with Crippen LogP contribution in [0.2, 0.25) is 0 Å². The zero-order valence-electron chi connectivity index (χ0n) is 18.4. The summed E-state index contributed by atoms with van der Waals surface area (Å²) in [6.45, 7) is 5.78. The van der Waals surface area contributed by atoms with E-state index in [9.17, 15) is 14.4 Å². The van der Waals surface area contributed by atoms with Gasteiger partial charge in [0.25, 0.3) is 5.91 Å². The number of ether oxygens (including phenoxy) is 1. The number of hydrogen-bond acceptors (Lipinski definition) is 4. The summed E-state index contributed by atoms with van der Waals surface area (Å²) in [6.07, 6.45) is 2.47. The van der Waals surface area contributed by atoms with E-state index in [2.05, 4.69) is 5.32 Å². The molecule has 0 saturated heterocycles. The van der Waals surface area contributed by atoms with Gasteiger partial charge < -0.3 is 15.0 Å². The first-order valence-corrected chi connectivity index (χ1v) is 10.9. The monoisotopic (exact) mass is 424 g/mol. The van der Waals surface area contributed by atoms with Crippen molar-refractivity contribution in [2.75, 3.05) is 25.0 Å².